The van der Waals surface area contributed by atoms with E-state index in [0.717, 1.165) is 64.3 Å². The van der Waals surface area contributed by atoms with Crippen molar-refractivity contribution in [3.63, 3.8) is 0 Å². The SMILES string of the molecule is CCCN(C(=O)CCC1CCNC1)C1CCNC1. The molecule has 2 aliphatic heterocycles. The van der Waals surface area contributed by atoms with Crippen LogP contribution in [0.2, 0.25) is 0 Å². The van der Waals surface area contributed by atoms with Gasteiger partial charge in [0.05, 0.1) is 0 Å². The van der Waals surface area contributed by atoms with Crippen LogP contribution in [0.15, 0.2) is 0 Å². The zero-order valence-electron chi connectivity index (χ0n) is 11.6. The first-order valence-corrected chi connectivity index (χ1v) is 7.52. The van der Waals surface area contributed by atoms with Crippen molar-refractivity contribution in [2.24, 2.45) is 5.92 Å². The van der Waals surface area contributed by atoms with Gasteiger partial charge in [-0.25, -0.2) is 0 Å². The molecule has 0 aliphatic carbocycles. The van der Waals surface area contributed by atoms with E-state index in [4.69, 9.17) is 0 Å². The van der Waals surface area contributed by atoms with Gasteiger partial charge in [0.1, 0.15) is 0 Å². The first-order chi connectivity index (χ1) is 8.81. The average molecular weight is 253 g/mol. The maximum atomic E-state index is 12.4. The van der Waals surface area contributed by atoms with E-state index in [1.807, 2.05) is 0 Å². The fourth-order valence-corrected chi connectivity index (χ4v) is 3.09. The number of nitrogens with one attached hydrogen (secondary N) is 2. The summed E-state index contributed by atoms with van der Waals surface area (Å²) in [5.74, 6) is 1.09. The van der Waals surface area contributed by atoms with Gasteiger partial charge in [0.2, 0.25) is 5.91 Å². The number of carbonyl (C=O) groups excluding carboxylic acids is 1. The van der Waals surface area contributed by atoms with Gasteiger partial charge in [-0.15, -0.1) is 0 Å². The third-order valence-electron chi connectivity index (χ3n) is 4.19. The molecule has 0 aromatic carbocycles. The van der Waals surface area contributed by atoms with Gasteiger partial charge in [0, 0.05) is 25.6 Å². The molecule has 2 fully saturated rings. The normalized spacial score (nSPS) is 27.6. The molecule has 2 unspecified atom stereocenters. The summed E-state index contributed by atoms with van der Waals surface area (Å²) in [4.78, 5) is 14.5. The Morgan fingerprint density at radius 3 is 2.61 bits per heavy atom. The molecule has 104 valence electrons. The molecule has 0 spiro atoms. The van der Waals surface area contributed by atoms with Crippen molar-refractivity contribution in [1.29, 1.82) is 0 Å². The molecule has 2 N–H and O–H groups in total. The molecule has 0 bridgehead atoms. The second-order valence-corrected chi connectivity index (χ2v) is 5.63. The Bertz CT molecular complexity index is 258. The summed E-state index contributed by atoms with van der Waals surface area (Å²) in [6.45, 7) is 7.36. The van der Waals surface area contributed by atoms with Crippen LogP contribution in [0.3, 0.4) is 0 Å². The van der Waals surface area contributed by atoms with E-state index in [2.05, 4.69) is 22.5 Å². The molecule has 4 heteroatoms. The molecule has 2 atom stereocenters. The fraction of sp³-hybridized carbons (Fsp3) is 0.929. The molecule has 0 radical (unpaired) electrons. The minimum Gasteiger partial charge on any atom is -0.338 e. The minimum atomic E-state index is 0.373. The van der Waals surface area contributed by atoms with Crippen LogP contribution in [-0.4, -0.2) is 49.6 Å². The molecule has 4 nitrogen and oxygen atoms in total. The Morgan fingerprint density at radius 2 is 2.00 bits per heavy atom. The summed E-state index contributed by atoms with van der Waals surface area (Å²) < 4.78 is 0. The fourth-order valence-electron chi connectivity index (χ4n) is 3.09. The van der Waals surface area contributed by atoms with Crippen LogP contribution >= 0.6 is 0 Å². The lowest BCUT2D eigenvalue weighted by Gasteiger charge is -2.28. The predicted molar refractivity (Wildman–Crippen MR) is 73.5 cm³/mol. The molecule has 2 heterocycles. The highest BCUT2D eigenvalue weighted by Gasteiger charge is 2.26. The van der Waals surface area contributed by atoms with Crippen LogP contribution in [0.25, 0.3) is 0 Å². The average Bonchev–Trinajstić information content (AvgIpc) is 3.05. The molecule has 2 aliphatic rings. The maximum Gasteiger partial charge on any atom is 0.222 e. The summed E-state index contributed by atoms with van der Waals surface area (Å²) in [5, 5.41) is 6.73. The molecule has 18 heavy (non-hydrogen) atoms. The van der Waals surface area contributed by atoms with Gasteiger partial charge in [-0.2, -0.15) is 0 Å². The van der Waals surface area contributed by atoms with E-state index >= 15 is 0 Å². The minimum absolute atomic E-state index is 0.373. The highest BCUT2D eigenvalue weighted by atomic mass is 16.2. The van der Waals surface area contributed by atoms with Crippen molar-refractivity contribution in [3.05, 3.63) is 0 Å². The van der Waals surface area contributed by atoms with Crippen LogP contribution in [-0.2, 0) is 4.79 Å². The lowest BCUT2D eigenvalue weighted by molar-refractivity contribution is -0.133. The van der Waals surface area contributed by atoms with Gasteiger partial charge in [-0.1, -0.05) is 6.92 Å². The Hall–Kier alpha value is -0.610. The van der Waals surface area contributed by atoms with Crippen LogP contribution in [0.5, 0.6) is 0 Å². The van der Waals surface area contributed by atoms with Gasteiger partial charge < -0.3 is 15.5 Å². The number of nitrogens with zero attached hydrogens (tertiary/aromatic N) is 1. The first kappa shape index (κ1) is 13.8. The van der Waals surface area contributed by atoms with Crippen molar-refractivity contribution in [1.82, 2.24) is 15.5 Å². The van der Waals surface area contributed by atoms with Gasteiger partial charge in [-0.3, -0.25) is 4.79 Å². The largest absolute Gasteiger partial charge is 0.338 e. The summed E-state index contributed by atoms with van der Waals surface area (Å²) in [6, 6.07) is 0.444. The second-order valence-electron chi connectivity index (χ2n) is 5.63. The molecular formula is C14H27N3O. The second kappa shape index (κ2) is 7.10. The Kier molecular flexibility index (Phi) is 5.45. The van der Waals surface area contributed by atoms with E-state index < -0.39 is 0 Å². The lowest BCUT2D eigenvalue weighted by Crippen LogP contribution is -2.42. The van der Waals surface area contributed by atoms with E-state index in [-0.39, 0.29) is 0 Å². The molecular weight excluding hydrogens is 226 g/mol. The predicted octanol–water partition coefficient (Wildman–Crippen LogP) is 0.977. The van der Waals surface area contributed by atoms with Crippen LogP contribution in [0, 0.1) is 5.92 Å². The number of hydrogen-bond acceptors (Lipinski definition) is 3. The third kappa shape index (κ3) is 3.69. The van der Waals surface area contributed by atoms with E-state index in [9.17, 15) is 4.79 Å². The van der Waals surface area contributed by atoms with Crippen LogP contribution < -0.4 is 10.6 Å². The number of rotatable bonds is 6. The highest BCUT2D eigenvalue weighted by Crippen LogP contribution is 2.17. The zero-order chi connectivity index (χ0) is 12.8. The van der Waals surface area contributed by atoms with Crippen molar-refractivity contribution in [2.45, 2.75) is 45.1 Å². The molecule has 2 rings (SSSR count). The zero-order valence-corrected chi connectivity index (χ0v) is 11.6. The molecule has 0 aromatic rings. The number of carbonyl (C=O) groups is 1. The molecule has 2 saturated heterocycles. The van der Waals surface area contributed by atoms with Crippen molar-refractivity contribution < 1.29 is 4.79 Å². The van der Waals surface area contributed by atoms with Gasteiger partial charge >= 0.3 is 0 Å². The Morgan fingerprint density at radius 1 is 1.22 bits per heavy atom. The maximum absolute atomic E-state index is 12.4. The van der Waals surface area contributed by atoms with Crippen molar-refractivity contribution >= 4 is 5.91 Å². The van der Waals surface area contributed by atoms with E-state index in [0.29, 0.717) is 11.9 Å². The summed E-state index contributed by atoms with van der Waals surface area (Å²) in [5.41, 5.74) is 0. The summed E-state index contributed by atoms with van der Waals surface area (Å²) >= 11 is 0. The van der Waals surface area contributed by atoms with Crippen molar-refractivity contribution in [2.75, 3.05) is 32.7 Å². The monoisotopic (exact) mass is 253 g/mol. The summed E-state index contributed by atoms with van der Waals surface area (Å²) in [7, 11) is 0. The smallest absolute Gasteiger partial charge is 0.222 e. The quantitative estimate of drug-likeness (QED) is 0.741. The highest BCUT2D eigenvalue weighted by molar-refractivity contribution is 5.76. The number of hydrogen-bond donors (Lipinski definition) is 2. The molecule has 0 saturated carbocycles. The molecule has 1 amide bonds. The van der Waals surface area contributed by atoms with Crippen LogP contribution in [0.4, 0.5) is 0 Å². The standard InChI is InChI=1S/C14H27N3O/c1-2-9-17(13-6-8-16-11-13)14(18)4-3-12-5-7-15-10-12/h12-13,15-16H,2-11H2,1H3. The molecule has 0 aromatic heterocycles. The lowest BCUT2D eigenvalue weighted by atomic mass is 10.0. The third-order valence-corrected chi connectivity index (χ3v) is 4.19. The topological polar surface area (TPSA) is 44.4 Å². The summed E-state index contributed by atoms with van der Waals surface area (Å²) in [6.07, 6.45) is 5.23. The van der Waals surface area contributed by atoms with Crippen LogP contribution in [0.1, 0.15) is 39.0 Å². The van der Waals surface area contributed by atoms with E-state index in [1.54, 1.807) is 0 Å². The Balaban J connectivity index is 1.78. The van der Waals surface area contributed by atoms with Gasteiger partial charge in [0.15, 0.2) is 0 Å². The van der Waals surface area contributed by atoms with Gasteiger partial charge in [0.25, 0.3) is 0 Å². The Labute approximate surface area is 110 Å². The van der Waals surface area contributed by atoms with Gasteiger partial charge in [-0.05, 0) is 51.2 Å². The first-order valence-electron chi connectivity index (χ1n) is 7.52. The van der Waals surface area contributed by atoms with Crippen molar-refractivity contribution in [3.8, 4) is 0 Å². The van der Waals surface area contributed by atoms with E-state index in [1.165, 1.54) is 6.42 Å². The number of amides is 1.